The Morgan fingerprint density at radius 2 is 1.65 bits per heavy atom. The molecule has 0 bridgehead atoms. The van der Waals surface area contributed by atoms with Crippen molar-refractivity contribution in [3.8, 4) is 11.1 Å². The van der Waals surface area contributed by atoms with Crippen LogP contribution in [0.4, 0.5) is 11.6 Å². The number of anilines is 2. The molecule has 43 heavy (non-hydrogen) atoms. The number of piperazine rings is 1. The highest BCUT2D eigenvalue weighted by atomic mass is 32.1. The molecule has 2 aromatic heterocycles. The zero-order valence-corrected chi connectivity index (χ0v) is 24.8. The van der Waals surface area contributed by atoms with E-state index >= 15 is 0 Å². The summed E-state index contributed by atoms with van der Waals surface area (Å²) >= 11 is 1.69. The SMILES string of the molecule is NCCN1CCN(CC(=O)Nc2ccc(-c3cccc4c(=O)cc(N5CCOCC5)oc34)c3sc4ccccc4c23)CC1. The summed E-state index contributed by atoms with van der Waals surface area (Å²) in [7, 11) is 0. The fourth-order valence-corrected chi connectivity index (χ4v) is 7.46. The highest BCUT2D eigenvalue weighted by Crippen LogP contribution is 2.45. The number of nitrogens with two attached hydrogens (primary N) is 1. The summed E-state index contributed by atoms with van der Waals surface area (Å²) < 4.78 is 14.2. The van der Waals surface area contributed by atoms with Crippen LogP contribution < -0.4 is 21.4 Å². The van der Waals surface area contributed by atoms with Gasteiger partial charge in [-0.1, -0.05) is 36.4 Å². The fourth-order valence-electron chi connectivity index (χ4n) is 6.21. The second-order valence-electron chi connectivity index (χ2n) is 11.1. The summed E-state index contributed by atoms with van der Waals surface area (Å²) in [5.41, 5.74) is 8.83. The lowest BCUT2D eigenvalue weighted by molar-refractivity contribution is -0.117. The second kappa shape index (κ2) is 12.1. The standard InChI is InChI=1S/C33H35N5O4S/c34-10-11-36-12-14-37(15-13-36)21-29(40)35-26-9-8-23(33-31(26)25-4-1-2-7-28(25)43-33)22-5-3-6-24-27(39)20-30(42-32(22)24)38-16-18-41-19-17-38/h1-9,20H,10-19,21,34H2,(H,35,40). The Morgan fingerprint density at radius 1 is 0.884 bits per heavy atom. The highest BCUT2D eigenvalue weighted by Gasteiger charge is 2.22. The number of nitrogens with one attached hydrogen (secondary N) is 1. The molecule has 0 spiro atoms. The number of rotatable bonds is 7. The number of hydrogen-bond acceptors (Lipinski definition) is 9. The third-order valence-corrected chi connectivity index (χ3v) is 9.64. The van der Waals surface area contributed by atoms with Crippen molar-refractivity contribution >= 4 is 60.0 Å². The molecule has 2 aliphatic heterocycles. The van der Waals surface area contributed by atoms with E-state index in [2.05, 4.69) is 32.1 Å². The van der Waals surface area contributed by atoms with Crippen LogP contribution in [0.25, 0.3) is 42.3 Å². The van der Waals surface area contributed by atoms with Crippen LogP contribution in [-0.4, -0.2) is 87.8 Å². The molecule has 0 unspecified atom stereocenters. The van der Waals surface area contributed by atoms with Gasteiger partial charge in [0, 0.05) is 89.7 Å². The summed E-state index contributed by atoms with van der Waals surface area (Å²) in [5.74, 6) is 0.538. The predicted molar refractivity (Wildman–Crippen MR) is 174 cm³/mol. The first-order valence-corrected chi connectivity index (χ1v) is 15.7. The van der Waals surface area contributed by atoms with Gasteiger partial charge in [0.15, 0.2) is 11.3 Å². The molecule has 10 heteroatoms. The van der Waals surface area contributed by atoms with Crippen LogP contribution in [0.3, 0.4) is 0 Å². The van der Waals surface area contributed by atoms with Crippen molar-refractivity contribution in [2.75, 3.05) is 82.3 Å². The molecule has 1 amide bonds. The molecule has 3 aromatic carbocycles. The summed E-state index contributed by atoms with van der Waals surface area (Å²) in [6, 6.07) is 19.6. The number of carbonyl (C=O) groups is 1. The van der Waals surface area contributed by atoms with Crippen LogP contribution in [0, 0.1) is 0 Å². The lowest BCUT2D eigenvalue weighted by Crippen LogP contribution is -2.49. The molecule has 0 saturated carbocycles. The summed E-state index contributed by atoms with van der Waals surface area (Å²) in [5, 5.41) is 5.86. The second-order valence-corrected chi connectivity index (χ2v) is 12.2. The molecular weight excluding hydrogens is 562 g/mol. The zero-order valence-electron chi connectivity index (χ0n) is 24.0. The van der Waals surface area contributed by atoms with Crippen LogP contribution in [0.1, 0.15) is 0 Å². The van der Waals surface area contributed by atoms with Gasteiger partial charge in [-0.25, -0.2) is 0 Å². The van der Waals surface area contributed by atoms with Gasteiger partial charge in [-0.05, 0) is 18.2 Å². The number of ether oxygens (including phenoxy) is 1. The first-order chi connectivity index (χ1) is 21.1. The lowest BCUT2D eigenvalue weighted by Gasteiger charge is -2.33. The van der Waals surface area contributed by atoms with E-state index in [0.29, 0.717) is 56.2 Å². The van der Waals surface area contributed by atoms with Crippen molar-refractivity contribution < 1.29 is 13.9 Å². The number of hydrogen-bond donors (Lipinski definition) is 2. The predicted octanol–water partition coefficient (Wildman–Crippen LogP) is 4.18. The lowest BCUT2D eigenvalue weighted by atomic mass is 9.99. The van der Waals surface area contributed by atoms with Gasteiger partial charge in [0.25, 0.3) is 0 Å². The number of carbonyl (C=O) groups excluding carboxylic acids is 1. The van der Waals surface area contributed by atoms with Crippen LogP contribution in [0.2, 0.25) is 0 Å². The topological polar surface area (TPSA) is 104 Å². The molecule has 0 radical (unpaired) electrons. The molecular formula is C33H35N5O4S. The van der Waals surface area contributed by atoms with Gasteiger partial charge in [-0.3, -0.25) is 19.4 Å². The van der Waals surface area contributed by atoms with Gasteiger partial charge in [0.05, 0.1) is 30.8 Å². The number of nitrogens with zero attached hydrogens (tertiary/aromatic N) is 3. The maximum absolute atomic E-state index is 13.3. The number of thiophene rings is 1. The number of para-hydroxylation sites is 1. The maximum atomic E-state index is 13.3. The Balaban J connectivity index is 1.27. The number of benzene rings is 3. The van der Waals surface area contributed by atoms with E-state index in [0.717, 1.165) is 69.7 Å². The first-order valence-electron chi connectivity index (χ1n) is 14.9. The maximum Gasteiger partial charge on any atom is 0.238 e. The van der Waals surface area contributed by atoms with E-state index in [4.69, 9.17) is 14.9 Å². The quantitative estimate of drug-likeness (QED) is 0.288. The molecule has 2 saturated heterocycles. The van der Waals surface area contributed by atoms with E-state index in [9.17, 15) is 9.59 Å². The average molecular weight is 598 g/mol. The third-order valence-electron chi connectivity index (χ3n) is 8.43. The first kappa shape index (κ1) is 28.0. The minimum Gasteiger partial charge on any atom is -0.440 e. The summed E-state index contributed by atoms with van der Waals surface area (Å²) in [4.78, 5) is 33.1. The van der Waals surface area contributed by atoms with Crippen LogP contribution in [-0.2, 0) is 9.53 Å². The monoisotopic (exact) mass is 597 g/mol. The van der Waals surface area contributed by atoms with Gasteiger partial charge in [-0.2, -0.15) is 0 Å². The summed E-state index contributed by atoms with van der Waals surface area (Å²) in [6.45, 7) is 7.99. The zero-order chi connectivity index (χ0) is 29.3. The van der Waals surface area contributed by atoms with E-state index in [1.54, 1.807) is 17.4 Å². The Labute approximate surface area is 253 Å². The number of fused-ring (bicyclic) bond motifs is 4. The fraction of sp³-hybridized carbons (Fsp3) is 0.333. The average Bonchev–Trinajstić information content (AvgIpc) is 3.43. The van der Waals surface area contributed by atoms with Crippen molar-refractivity contribution in [2.45, 2.75) is 0 Å². The van der Waals surface area contributed by atoms with Crippen molar-refractivity contribution in [3.05, 3.63) is 70.9 Å². The Kier molecular flexibility index (Phi) is 7.85. The summed E-state index contributed by atoms with van der Waals surface area (Å²) in [6.07, 6.45) is 0. The normalized spacial score (nSPS) is 16.8. The van der Waals surface area contributed by atoms with Gasteiger partial charge in [0.1, 0.15) is 5.58 Å². The van der Waals surface area contributed by atoms with Gasteiger partial charge < -0.3 is 25.1 Å². The molecule has 3 N–H and O–H groups in total. The van der Waals surface area contributed by atoms with Gasteiger partial charge in [-0.15, -0.1) is 11.3 Å². The van der Waals surface area contributed by atoms with Crippen molar-refractivity contribution in [3.63, 3.8) is 0 Å². The van der Waals surface area contributed by atoms with Crippen LogP contribution >= 0.6 is 11.3 Å². The minimum atomic E-state index is -0.0649. The molecule has 222 valence electrons. The Hall–Kier alpha value is -3.80. The Bertz CT molecular complexity index is 1850. The van der Waals surface area contributed by atoms with E-state index in [1.807, 2.05) is 42.5 Å². The van der Waals surface area contributed by atoms with E-state index in [1.165, 1.54) is 0 Å². The third kappa shape index (κ3) is 5.52. The number of amides is 1. The molecule has 9 nitrogen and oxygen atoms in total. The largest absolute Gasteiger partial charge is 0.440 e. The highest BCUT2D eigenvalue weighted by molar-refractivity contribution is 7.26. The molecule has 7 rings (SSSR count). The van der Waals surface area contributed by atoms with Gasteiger partial charge >= 0.3 is 0 Å². The van der Waals surface area contributed by atoms with Crippen LogP contribution in [0.15, 0.2) is 69.9 Å². The van der Waals surface area contributed by atoms with Crippen molar-refractivity contribution in [1.29, 1.82) is 0 Å². The van der Waals surface area contributed by atoms with Crippen molar-refractivity contribution in [1.82, 2.24) is 9.80 Å². The van der Waals surface area contributed by atoms with E-state index < -0.39 is 0 Å². The smallest absolute Gasteiger partial charge is 0.238 e. The molecule has 0 aliphatic carbocycles. The molecule has 2 aliphatic rings. The Morgan fingerprint density at radius 3 is 2.47 bits per heavy atom. The number of morpholine rings is 1. The van der Waals surface area contributed by atoms with Gasteiger partial charge in [0.2, 0.25) is 5.91 Å². The molecule has 5 aromatic rings. The van der Waals surface area contributed by atoms with Crippen LogP contribution in [0.5, 0.6) is 0 Å². The molecule has 4 heterocycles. The molecule has 0 atom stereocenters. The molecule has 2 fully saturated rings. The van der Waals surface area contributed by atoms with Crippen molar-refractivity contribution in [2.24, 2.45) is 5.73 Å². The minimum absolute atomic E-state index is 0.0251. The van der Waals surface area contributed by atoms with E-state index in [-0.39, 0.29) is 11.3 Å².